The fourth-order valence-electron chi connectivity index (χ4n) is 13.8. The third kappa shape index (κ3) is 15.3. The van der Waals surface area contributed by atoms with Gasteiger partial charge in [-0.15, -0.1) is 0 Å². The van der Waals surface area contributed by atoms with Crippen LogP contribution in [0.4, 0.5) is 0 Å². The maximum Gasteiger partial charge on any atom is 0.164 e. The third-order valence-corrected chi connectivity index (χ3v) is 19.4. The summed E-state index contributed by atoms with van der Waals surface area (Å²) in [4.78, 5) is 29.9. The Morgan fingerprint density at radius 2 is 0.204 bits per heavy atom. The molecule has 2 heterocycles. The second-order valence-electron chi connectivity index (χ2n) is 26.6. The van der Waals surface area contributed by atoms with Gasteiger partial charge in [-0.2, -0.15) is 0 Å². The minimum Gasteiger partial charge on any atom is -0.208 e. The van der Waals surface area contributed by atoms with Crippen LogP contribution in [0.3, 0.4) is 0 Å². The van der Waals surface area contributed by atoms with E-state index in [0.717, 1.165) is 100 Å². The van der Waals surface area contributed by atoms with E-state index in [1.165, 1.54) is 44.5 Å². The summed E-state index contributed by atoms with van der Waals surface area (Å²) >= 11 is 0. The van der Waals surface area contributed by atoms with Gasteiger partial charge in [-0.3, -0.25) is 0 Å². The number of hydrogen-bond acceptors (Lipinski definition) is 6. The van der Waals surface area contributed by atoms with E-state index in [1.54, 1.807) is 0 Å². The molecular formula is C102H70N6. The molecule has 18 aromatic rings. The zero-order valence-electron chi connectivity index (χ0n) is 59.1. The van der Waals surface area contributed by atoms with Gasteiger partial charge < -0.3 is 0 Å². The average molecular weight is 1380 g/mol. The molecule has 0 amide bonds. The molecule has 0 aliphatic heterocycles. The number of nitrogens with zero attached hydrogens (tertiary/aromatic N) is 6. The molecule has 0 saturated heterocycles. The summed E-state index contributed by atoms with van der Waals surface area (Å²) in [6.45, 7) is 0. The van der Waals surface area contributed by atoms with Gasteiger partial charge >= 0.3 is 0 Å². The Balaban J connectivity index is 0.000000158. The van der Waals surface area contributed by atoms with E-state index in [0.29, 0.717) is 34.9 Å². The molecule has 18 rings (SSSR count). The van der Waals surface area contributed by atoms with Crippen molar-refractivity contribution >= 4 is 0 Å². The van der Waals surface area contributed by atoms with E-state index in [-0.39, 0.29) is 0 Å². The lowest BCUT2D eigenvalue weighted by Crippen LogP contribution is -2.00. The zero-order chi connectivity index (χ0) is 72.2. The molecule has 0 aliphatic rings. The molecule has 508 valence electrons. The van der Waals surface area contributed by atoms with Crippen molar-refractivity contribution in [2.24, 2.45) is 0 Å². The largest absolute Gasteiger partial charge is 0.208 e. The van der Waals surface area contributed by atoms with Crippen LogP contribution in [-0.4, -0.2) is 29.9 Å². The second kappa shape index (κ2) is 31.2. The first-order chi connectivity index (χ1) is 53.5. The smallest absolute Gasteiger partial charge is 0.164 e. The van der Waals surface area contributed by atoms with E-state index in [4.69, 9.17) is 29.9 Å². The van der Waals surface area contributed by atoms with E-state index in [2.05, 4.69) is 303 Å². The van der Waals surface area contributed by atoms with Crippen molar-refractivity contribution in [1.82, 2.24) is 29.9 Å². The molecule has 0 saturated carbocycles. The van der Waals surface area contributed by atoms with Gasteiger partial charge in [0.05, 0.1) is 0 Å². The van der Waals surface area contributed by atoms with E-state index < -0.39 is 0 Å². The lowest BCUT2D eigenvalue weighted by molar-refractivity contribution is 1.07. The Morgan fingerprint density at radius 3 is 0.426 bits per heavy atom. The third-order valence-electron chi connectivity index (χ3n) is 19.4. The summed E-state index contributed by atoms with van der Waals surface area (Å²) in [7, 11) is 0. The molecule has 0 fully saturated rings. The summed E-state index contributed by atoms with van der Waals surface area (Å²) < 4.78 is 0. The molecule has 108 heavy (non-hydrogen) atoms. The quantitative estimate of drug-likeness (QED) is 0.0959. The molecular weight excluding hydrogens is 1310 g/mol. The van der Waals surface area contributed by atoms with Crippen LogP contribution in [0.2, 0.25) is 0 Å². The summed E-state index contributed by atoms with van der Waals surface area (Å²) in [5.41, 5.74) is 28.8. The first kappa shape index (κ1) is 66.8. The Morgan fingerprint density at radius 1 is 0.0833 bits per heavy atom. The van der Waals surface area contributed by atoms with Crippen molar-refractivity contribution in [3.63, 3.8) is 0 Å². The van der Waals surface area contributed by atoms with Gasteiger partial charge in [-0.25, -0.2) is 29.9 Å². The molecule has 16 aromatic carbocycles. The van der Waals surface area contributed by atoms with Crippen LogP contribution >= 0.6 is 0 Å². The molecule has 0 atom stereocenters. The van der Waals surface area contributed by atoms with Gasteiger partial charge in [0.25, 0.3) is 0 Å². The lowest BCUT2D eigenvalue weighted by atomic mass is 9.91. The Kier molecular flexibility index (Phi) is 19.3. The molecule has 2 aromatic heterocycles. The summed E-state index contributed by atoms with van der Waals surface area (Å²) in [5, 5.41) is 0. The number of hydrogen-bond donors (Lipinski definition) is 0. The lowest BCUT2D eigenvalue weighted by Gasteiger charge is -2.14. The van der Waals surface area contributed by atoms with Crippen molar-refractivity contribution in [1.29, 1.82) is 0 Å². The van der Waals surface area contributed by atoms with Gasteiger partial charge in [-0.1, -0.05) is 358 Å². The second-order valence-corrected chi connectivity index (χ2v) is 26.6. The van der Waals surface area contributed by atoms with E-state index >= 15 is 0 Å². The Hall–Kier alpha value is -14.5. The van der Waals surface area contributed by atoms with Crippen molar-refractivity contribution < 1.29 is 0 Å². The van der Waals surface area contributed by atoms with Crippen LogP contribution in [0, 0.1) is 0 Å². The summed E-state index contributed by atoms with van der Waals surface area (Å²) in [6, 6.07) is 149. The molecule has 0 bridgehead atoms. The van der Waals surface area contributed by atoms with Crippen molar-refractivity contribution in [2.45, 2.75) is 0 Å². The highest BCUT2D eigenvalue weighted by molar-refractivity contribution is 5.88. The van der Waals surface area contributed by atoms with Crippen LogP contribution < -0.4 is 0 Å². The standard InChI is InChI=1S/2C51H35N3/c1-5-16-36(17-6-1)40-24-13-26-42(30-40)46-33-47(43-27-14-25-41(31-43)37-18-7-2-8-19-37)35-48(34-46)44-28-15-29-45(32-44)51-53-49(38-20-9-3-10-21-38)52-50(54-51)39-22-11-4-12-23-39;1-5-15-36(16-6-1)38-27-29-39(30-28-38)46-33-47(43-24-13-23-42(31-43)37-17-7-2-8-18-37)35-48(34-46)44-25-14-26-45(32-44)51-53-49(40-19-9-3-10-20-40)52-50(54-51)41-21-11-4-12-22-41/h2*1-35H. The van der Waals surface area contributed by atoms with Crippen LogP contribution in [0.5, 0.6) is 0 Å². The first-order valence-electron chi connectivity index (χ1n) is 36.4. The molecule has 0 unspecified atom stereocenters. The van der Waals surface area contributed by atoms with Crippen molar-refractivity contribution in [3.05, 3.63) is 425 Å². The minimum atomic E-state index is 0.632. The number of aromatic nitrogens is 6. The van der Waals surface area contributed by atoms with E-state index in [9.17, 15) is 0 Å². The maximum absolute atomic E-state index is 5.02. The van der Waals surface area contributed by atoms with Gasteiger partial charge in [0.15, 0.2) is 34.9 Å². The number of rotatable bonds is 16. The monoisotopic (exact) mass is 1380 g/mol. The van der Waals surface area contributed by atoms with Gasteiger partial charge in [0.2, 0.25) is 0 Å². The highest BCUT2D eigenvalue weighted by atomic mass is 15.0. The van der Waals surface area contributed by atoms with Crippen LogP contribution in [0.1, 0.15) is 0 Å². The van der Waals surface area contributed by atoms with Gasteiger partial charge in [-0.05, 0) is 178 Å². The fraction of sp³-hybridized carbons (Fsp3) is 0. The van der Waals surface area contributed by atoms with Crippen LogP contribution in [-0.2, 0) is 0 Å². The highest BCUT2D eigenvalue weighted by Gasteiger charge is 2.18. The SMILES string of the molecule is c1ccc(-c2ccc(-c3cc(-c4cccc(-c5ccccc5)c4)cc(-c4cccc(-c5nc(-c6ccccc6)nc(-c6ccccc6)n5)c4)c3)cc2)cc1.c1ccc(-c2cccc(-c3cc(-c4cccc(-c5ccccc5)c4)cc(-c4cccc(-c5nc(-c6ccccc6)nc(-c6ccccc6)n5)c4)c3)c2)cc1. The molecule has 0 spiro atoms. The Labute approximate surface area is 630 Å². The molecule has 0 N–H and O–H groups in total. The van der Waals surface area contributed by atoms with Gasteiger partial charge in [0, 0.05) is 33.4 Å². The van der Waals surface area contributed by atoms with Crippen molar-refractivity contribution in [2.75, 3.05) is 0 Å². The maximum atomic E-state index is 5.02. The highest BCUT2D eigenvalue weighted by Crippen LogP contribution is 2.40. The summed E-state index contributed by atoms with van der Waals surface area (Å²) in [5.74, 6) is 3.84. The zero-order valence-corrected chi connectivity index (χ0v) is 59.1. The van der Waals surface area contributed by atoms with E-state index in [1.807, 2.05) is 121 Å². The number of benzene rings is 16. The fourth-order valence-corrected chi connectivity index (χ4v) is 13.8. The van der Waals surface area contributed by atoms with Crippen molar-refractivity contribution in [3.8, 4) is 180 Å². The predicted molar refractivity (Wildman–Crippen MR) is 447 cm³/mol. The normalized spacial score (nSPS) is 11.0. The van der Waals surface area contributed by atoms with Crippen LogP contribution in [0.15, 0.2) is 425 Å². The molecule has 0 aliphatic carbocycles. The van der Waals surface area contributed by atoms with Crippen LogP contribution in [0.25, 0.3) is 180 Å². The molecule has 6 nitrogen and oxygen atoms in total. The Bertz CT molecular complexity index is 5910. The minimum absolute atomic E-state index is 0.632. The predicted octanol–water partition coefficient (Wildman–Crippen LogP) is 26.4. The van der Waals surface area contributed by atoms with Gasteiger partial charge in [0.1, 0.15) is 0 Å². The first-order valence-corrected chi connectivity index (χ1v) is 36.4. The summed E-state index contributed by atoms with van der Waals surface area (Å²) in [6.07, 6.45) is 0. The topological polar surface area (TPSA) is 77.3 Å². The average Bonchev–Trinajstić information content (AvgIpc) is 0.799. The molecule has 6 heteroatoms. The molecule has 0 radical (unpaired) electrons.